The summed E-state index contributed by atoms with van der Waals surface area (Å²) >= 11 is 0. The Hall–Kier alpha value is -3.31. The maximum absolute atomic E-state index is 13.9. The Morgan fingerprint density at radius 3 is 3.00 bits per heavy atom. The number of aliphatic hydroxyl groups is 2. The largest absolute Gasteiger partial charge is 0.481 e. The van der Waals surface area contributed by atoms with Crippen molar-refractivity contribution in [2.75, 3.05) is 25.2 Å². The Morgan fingerprint density at radius 2 is 2.29 bits per heavy atom. The lowest BCUT2D eigenvalue weighted by atomic mass is 10.1. The summed E-state index contributed by atoms with van der Waals surface area (Å²) in [5.41, 5.74) is 6.78. The van der Waals surface area contributed by atoms with Crippen molar-refractivity contribution < 1.29 is 24.1 Å². The number of pyridine rings is 1. The molecule has 0 bridgehead atoms. The number of halogens is 1. The minimum absolute atomic E-state index is 0.0357. The minimum Gasteiger partial charge on any atom is -0.481 e. The summed E-state index contributed by atoms with van der Waals surface area (Å²) in [4.78, 5) is 22.8. The normalized spacial score (nSPS) is 17.3. The van der Waals surface area contributed by atoms with E-state index in [1.54, 1.807) is 12.3 Å². The molecule has 4 N–H and O–H groups in total. The van der Waals surface area contributed by atoms with E-state index >= 15 is 0 Å². The zero-order valence-corrected chi connectivity index (χ0v) is 16.9. The number of nitrogens with zero attached hydrogens (tertiary/aromatic N) is 5. The Balaban J connectivity index is 1.76. The molecule has 3 aromatic heterocycles. The summed E-state index contributed by atoms with van der Waals surface area (Å²) in [5.74, 6) is -0.265. The van der Waals surface area contributed by atoms with Gasteiger partial charge in [0.1, 0.15) is 17.2 Å². The minimum atomic E-state index is -1.07. The van der Waals surface area contributed by atoms with Gasteiger partial charge < -0.3 is 25.6 Å². The van der Waals surface area contributed by atoms with Crippen LogP contribution in [0.5, 0.6) is 5.88 Å². The number of hydrogen-bond acceptors (Lipinski definition) is 8. The number of hydrogen-bond donors (Lipinski definition) is 3. The maximum atomic E-state index is 13.9. The Labute approximate surface area is 177 Å². The highest BCUT2D eigenvalue weighted by molar-refractivity contribution is 6.00. The highest BCUT2D eigenvalue weighted by Crippen LogP contribution is 2.39. The number of primary amides is 1. The van der Waals surface area contributed by atoms with E-state index in [-0.39, 0.29) is 29.4 Å². The lowest BCUT2D eigenvalue weighted by molar-refractivity contribution is 0.0934. The predicted octanol–water partition coefficient (Wildman–Crippen LogP) is 0.608. The van der Waals surface area contributed by atoms with E-state index in [2.05, 4.69) is 15.1 Å². The molecular formula is C20H23FN6O4. The number of anilines is 1. The van der Waals surface area contributed by atoms with E-state index in [0.29, 0.717) is 23.8 Å². The zero-order valence-electron chi connectivity index (χ0n) is 16.9. The standard InChI is InChI=1S/C20H23FN6O4/c1-31-20-13(7-11(21)9-23-20)15-3-2-5-26(15)16-4-6-27-19(24-16)17(18(22)30)14(25-27)8-12(29)10-28/h4,6-7,9,12,15,28-29H,2-3,5,8,10H2,1H3,(H2,22,30)/t12-,15-/m1/s1. The highest BCUT2D eigenvalue weighted by atomic mass is 19.1. The van der Waals surface area contributed by atoms with Crippen molar-refractivity contribution in [1.29, 1.82) is 0 Å². The molecule has 164 valence electrons. The van der Waals surface area contributed by atoms with Crippen molar-refractivity contribution in [3.05, 3.63) is 47.2 Å². The number of aromatic nitrogens is 4. The number of carbonyl (C=O) groups is 1. The quantitative estimate of drug-likeness (QED) is 0.495. The Bertz CT molecular complexity index is 1120. The SMILES string of the molecule is COc1ncc(F)cc1[C@H]1CCCN1c1ccn2nc(C[C@@H](O)CO)c(C(N)=O)c2n1. The topological polar surface area (TPSA) is 139 Å². The summed E-state index contributed by atoms with van der Waals surface area (Å²) in [6, 6.07) is 2.95. The first-order valence-electron chi connectivity index (χ1n) is 9.86. The van der Waals surface area contributed by atoms with Crippen LogP contribution < -0.4 is 15.4 Å². The summed E-state index contributed by atoms with van der Waals surface area (Å²) in [6.07, 6.45) is 3.26. The molecule has 0 saturated carbocycles. The Morgan fingerprint density at radius 1 is 1.48 bits per heavy atom. The van der Waals surface area contributed by atoms with Gasteiger partial charge in [-0.3, -0.25) is 4.79 Å². The van der Waals surface area contributed by atoms with Crippen molar-refractivity contribution in [3.8, 4) is 5.88 Å². The fourth-order valence-corrected chi connectivity index (χ4v) is 4.02. The van der Waals surface area contributed by atoms with E-state index in [1.807, 2.05) is 4.90 Å². The second-order valence-corrected chi connectivity index (χ2v) is 7.38. The van der Waals surface area contributed by atoms with Crippen LogP contribution in [0.3, 0.4) is 0 Å². The molecule has 4 rings (SSSR count). The third-order valence-corrected chi connectivity index (χ3v) is 5.37. The molecule has 31 heavy (non-hydrogen) atoms. The first kappa shape index (κ1) is 20.9. The van der Waals surface area contributed by atoms with Gasteiger partial charge in [-0.2, -0.15) is 5.10 Å². The van der Waals surface area contributed by atoms with Crippen LogP contribution in [0.1, 0.15) is 40.5 Å². The van der Waals surface area contributed by atoms with Crippen LogP contribution in [0.25, 0.3) is 5.65 Å². The van der Waals surface area contributed by atoms with E-state index in [0.717, 1.165) is 19.0 Å². The smallest absolute Gasteiger partial charge is 0.254 e. The molecule has 1 aliphatic heterocycles. The van der Waals surface area contributed by atoms with Crippen LogP contribution in [0.15, 0.2) is 24.5 Å². The van der Waals surface area contributed by atoms with Gasteiger partial charge in [0.05, 0.1) is 37.8 Å². The molecule has 4 heterocycles. The van der Waals surface area contributed by atoms with Gasteiger partial charge in [-0.15, -0.1) is 0 Å². The zero-order chi connectivity index (χ0) is 22.1. The molecule has 11 heteroatoms. The van der Waals surface area contributed by atoms with Crippen molar-refractivity contribution in [1.82, 2.24) is 19.6 Å². The van der Waals surface area contributed by atoms with Crippen LogP contribution in [0.4, 0.5) is 10.2 Å². The van der Waals surface area contributed by atoms with Crippen molar-refractivity contribution in [2.24, 2.45) is 5.73 Å². The van der Waals surface area contributed by atoms with Crippen molar-refractivity contribution in [3.63, 3.8) is 0 Å². The number of carbonyl (C=O) groups excluding carboxylic acids is 1. The van der Waals surface area contributed by atoms with Gasteiger partial charge in [-0.1, -0.05) is 0 Å². The van der Waals surface area contributed by atoms with Crippen LogP contribution >= 0.6 is 0 Å². The second-order valence-electron chi connectivity index (χ2n) is 7.38. The second kappa shape index (κ2) is 8.44. The van der Waals surface area contributed by atoms with E-state index in [1.165, 1.54) is 17.7 Å². The fraction of sp³-hybridized carbons (Fsp3) is 0.400. The molecule has 1 saturated heterocycles. The third kappa shape index (κ3) is 3.89. The number of amides is 1. The number of rotatable bonds is 7. The van der Waals surface area contributed by atoms with Crippen molar-refractivity contribution >= 4 is 17.4 Å². The van der Waals surface area contributed by atoms with Gasteiger partial charge in [0.2, 0.25) is 5.88 Å². The molecule has 1 fully saturated rings. The van der Waals surface area contributed by atoms with Gasteiger partial charge in [0.15, 0.2) is 5.65 Å². The lowest BCUT2D eigenvalue weighted by Crippen LogP contribution is -2.24. The number of aliphatic hydroxyl groups excluding tert-OH is 2. The predicted molar refractivity (Wildman–Crippen MR) is 108 cm³/mol. The van der Waals surface area contributed by atoms with Crippen LogP contribution in [0, 0.1) is 5.82 Å². The lowest BCUT2D eigenvalue weighted by Gasteiger charge is -2.26. The molecule has 0 aromatic carbocycles. The monoisotopic (exact) mass is 430 g/mol. The molecule has 10 nitrogen and oxygen atoms in total. The average Bonchev–Trinajstić information content (AvgIpc) is 3.37. The van der Waals surface area contributed by atoms with Crippen molar-refractivity contribution in [2.45, 2.75) is 31.4 Å². The number of ether oxygens (including phenoxy) is 1. The van der Waals surface area contributed by atoms with Crippen LogP contribution in [-0.4, -0.2) is 62.1 Å². The van der Waals surface area contributed by atoms with Crippen LogP contribution in [-0.2, 0) is 6.42 Å². The number of nitrogens with two attached hydrogens (primary N) is 1. The molecule has 2 atom stereocenters. The Kier molecular flexibility index (Phi) is 5.70. The van der Waals surface area contributed by atoms with E-state index in [9.17, 15) is 14.3 Å². The summed E-state index contributed by atoms with van der Waals surface area (Å²) < 4.78 is 20.6. The van der Waals surface area contributed by atoms with Gasteiger partial charge >= 0.3 is 0 Å². The average molecular weight is 430 g/mol. The van der Waals surface area contributed by atoms with E-state index in [4.69, 9.17) is 15.6 Å². The first-order valence-corrected chi connectivity index (χ1v) is 9.86. The molecule has 0 aliphatic carbocycles. The molecule has 1 amide bonds. The third-order valence-electron chi connectivity index (χ3n) is 5.37. The highest BCUT2D eigenvalue weighted by Gasteiger charge is 2.31. The number of methoxy groups -OCH3 is 1. The van der Waals surface area contributed by atoms with Gasteiger partial charge in [-0.05, 0) is 25.0 Å². The summed E-state index contributed by atoms with van der Waals surface area (Å²) in [6.45, 7) is 0.202. The van der Waals surface area contributed by atoms with Crippen LogP contribution in [0.2, 0.25) is 0 Å². The molecular weight excluding hydrogens is 407 g/mol. The molecule has 0 spiro atoms. The fourth-order valence-electron chi connectivity index (χ4n) is 4.02. The number of fused-ring (bicyclic) bond motifs is 1. The molecule has 1 aliphatic rings. The maximum Gasteiger partial charge on any atom is 0.254 e. The molecule has 0 unspecified atom stereocenters. The van der Waals surface area contributed by atoms with Gasteiger partial charge in [0.25, 0.3) is 5.91 Å². The van der Waals surface area contributed by atoms with Gasteiger partial charge in [-0.25, -0.2) is 18.9 Å². The molecule has 3 aromatic rings. The summed E-state index contributed by atoms with van der Waals surface area (Å²) in [5, 5.41) is 23.2. The first-order chi connectivity index (χ1) is 14.9. The summed E-state index contributed by atoms with van der Waals surface area (Å²) in [7, 11) is 1.49. The molecule has 0 radical (unpaired) electrons. The van der Waals surface area contributed by atoms with Gasteiger partial charge in [0, 0.05) is 24.7 Å². The van der Waals surface area contributed by atoms with E-state index < -0.39 is 24.4 Å².